The molecule has 0 bridgehead atoms. The van der Waals surface area contributed by atoms with Crippen molar-refractivity contribution in [1.29, 1.82) is 0 Å². The van der Waals surface area contributed by atoms with Crippen LogP contribution < -0.4 is 5.32 Å². The van der Waals surface area contributed by atoms with Crippen LogP contribution in [0.2, 0.25) is 0 Å². The van der Waals surface area contributed by atoms with Gasteiger partial charge in [-0.05, 0) is 43.6 Å². The van der Waals surface area contributed by atoms with Gasteiger partial charge in [0.2, 0.25) is 11.7 Å². The van der Waals surface area contributed by atoms with Crippen LogP contribution in [0.25, 0.3) is 11.4 Å². The summed E-state index contributed by atoms with van der Waals surface area (Å²) >= 11 is 3.55. The monoisotopic (exact) mass is 321 g/mol. The van der Waals surface area contributed by atoms with Crippen molar-refractivity contribution in [2.75, 3.05) is 13.1 Å². The van der Waals surface area contributed by atoms with Gasteiger partial charge in [0.25, 0.3) is 0 Å². The van der Waals surface area contributed by atoms with E-state index < -0.39 is 0 Å². The van der Waals surface area contributed by atoms with Gasteiger partial charge in [0.05, 0.1) is 0 Å². The summed E-state index contributed by atoms with van der Waals surface area (Å²) in [5.74, 6) is 2.30. The predicted molar refractivity (Wildman–Crippen MR) is 76.9 cm³/mol. The van der Waals surface area contributed by atoms with Crippen molar-refractivity contribution in [2.24, 2.45) is 5.92 Å². The molecule has 5 heteroatoms. The van der Waals surface area contributed by atoms with Crippen molar-refractivity contribution in [3.8, 4) is 11.4 Å². The summed E-state index contributed by atoms with van der Waals surface area (Å²) in [6.07, 6.45) is 0. The van der Waals surface area contributed by atoms with Crippen molar-refractivity contribution in [3.63, 3.8) is 0 Å². The van der Waals surface area contributed by atoms with Crippen LogP contribution in [0, 0.1) is 12.8 Å². The Hall–Kier alpha value is -1.20. The molecule has 19 heavy (non-hydrogen) atoms. The maximum atomic E-state index is 5.41. The third-order valence-corrected chi connectivity index (χ3v) is 4.37. The molecule has 2 aromatic rings. The van der Waals surface area contributed by atoms with Crippen molar-refractivity contribution in [3.05, 3.63) is 34.1 Å². The second-order valence-electron chi connectivity index (χ2n) is 5.15. The van der Waals surface area contributed by atoms with Crippen LogP contribution in [0.3, 0.4) is 0 Å². The Balaban J connectivity index is 1.87. The average molecular weight is 322 g/mol. The summed E-state index contributed by atoms with van der Waals surface area (Å²) in [6, 6.07) is 6.13. The second kappa shape index (κ2) is 5.06. The topological polar surface area (TPSA) is 51.0 Å². The van der Waals surface area contributed by atoms with Crippen molar-refractivity contribution in [1.82, 2.24) is 15.5 Å². The Morgan fingerprint density at radius 2 is 2.21 bits per heavy atom. The minimum Gasteiger partial charge on any atom is -0.339 e. The third-order valence-electron chi connectivity index (χ3n) is 3.72. The van der Waals surface area contributed by atoms with Crippen LogP contribution in [-0.4, -0.2) is 23.2 Å². The zero-order chi connectivity index (χ0) is 13.4. The molecule has 1 aliphatic rings. The summed E-state index contributed by atoms with van der Waals surface area (Å²) in [7, 11) is 0. The number of aromatic nitrogens is 2. The third kappa shape index (κ3) is 2.44. The highest BCUT2D eigenvalue weighted by Gasteiger charge is 2.29. The molecule has 1 atom stereocenters. The first-order valence-electron chi connectivity index (χ1n) is 6.46. The zero-order valence-electron chi connectivity index (χ0n) is 11.0. The first-order chi connectivity index (χ1) is 9.15. The lowest BCUT2D eigenvalue weighted by Gasteiger charge is -2.30. The number of halogens is 1. The highest BCUT2D eigenvalue weighted by Crippen LogP contribution is 2.30. The fraction of sp³-hybridized carbons (Fsp3) is 0.429. The first kappa shape index (κ1) is 12.8. The molecular formula is C14H16BrN3O. The Bertz CT molecular complexity index is 592. The van der Waals surface area contributed by atoms with Gasteiger partial charge in [-0.25, -0.2) is 0 Å². The first-order valence-corrected chi connectivity index (χ1v) is 7.25. The highest BCUT2D eigenvalue weighted by molar-refractivity contribution is 9.10. The molecule has 1 saturated heterocycles. The van der Waals surface area contributed by atoms with E-state index >= 15 is 0 Å². The van der Waals surface area contributed by atoms with E-state index in [1.165, 1.54) is 5.56 Å². The maximum absolute atomic E-state index is 5.41. The van der Waals surface area contributed by atoms with Crippen LogP contribution in [0.4, 0.5) is 0 Å². The lowest BCUT2D eigenvalue weighted by molar-refractivity contribution is 0.252. The summed E-state index contributed by atoms with van der Waals surface area (Å²) < 4.78 is 6.41. The minimum absolute atomic E-state index is 0.312. The van der Waals surface area contributed by atoms with Gasteiger partial charge in [-0.2, -0.15) is 4.98 Å². The molecule has 2 heterocycles. The van der Waals surface area contributed by atoms with Gasteiger partial charge >= 0.3 is 0 Å². The predicted octanol–water partition coefficient (Wildman–Crippen LogP) is 3.13. The van der Waals surface area contributed by atoms with Gasteiger partial charge in [0.15, 0.2) is 0 Å². The molecule has 0 saturated carbocycles. The van der Waals surface area contributed by atoms with E-state index in [2.05, 4.69) is 57.4 Å². The summed E-state index contributed by atoms with van der Waals surface area (Å²) in [5.41, 5.74) is 2.17. The molecule has 0 amide bonds. The van der Waals surface area contributed by atoms with E-state index in [0.29, 0.717) is 17.7 Å². The highest BCUT2D eigenvalue weighted by atomic mass is 79.9. The normalized spacial score (nSPS) is 17.2. The molecule has 1 aromatic heterocycles. The molecule has 1 unspecified atom stereocenters. The quantitative estimate of drug-likeness (QED) is 0.943. The van der Waals surface area contributed by atoms with Crippen LogP contribution in [0.15, 0.2) is 27.2 Å². The van der Waals surface area contributed by atoms with Gasteiger partial charge in [0.1, 0.15) is 0 Å². The van der Waals surface area contributed by atoms with E-state index in [4.69, 9.17) is 4.52 Å². The summed E-state index contributed by atoms with van der Waals surface area (Å²) in [6.45, 7) is 6.27. The van der Waals surface area contributed by atoms with Crippen LogP contribution >= 0.6 is 15.9 Å². The number of hydrogen-bond donors (Lipinski definition) is 1. The minimum atomic E-state index is 0.312. The second-order valence-corrected chi connectivity index (χ2v) is 6.00. The lowest BCUT2D eigenvalue weighted by atomic mass is 9.89. The number of aryl methyl sites for hydroxylation is 1. The number of rotatable bonds is 3. The molecule has 0 aliphatic carbocycles. The molecule has 100 valence electrons. The number of hydrogen-bond acceptors (Lipinski definition) is 4. The largest absolute Gasteiger partial charge is 0.339 e. The molecular weight excluding hydrogens is 306 g/mol. The van der Waals surface area contributed by atoms with Crippen LogP contribution in [0.1, 0.15) is 24.3 Å². The number of nitrogens with one attached hydrogen (secondary N) is 1. The van der Waals surface area contributed by atoms with Gasteiger partial charge in [-0.3, -0.25) is 0 Å². The summed E-state index contributed by atoms with van der Waals surface area (Å²) in [5, 5.41) is 7.37. The average Bonchev–Trinajstić information content (AvgIpc) is 2.75. The van der Waals surface area contributed by atoms with Gasteiger partial charge < -0.3 is 9.84 Å². The van der Waals surface area contributed by atoms with E-state index in [-0.39, 0.29) is 0 Å². The molecule has 1 aliphatic heterocycles. The molecule has 4 nitrogen and oxygen atoms in total. The molecule has 1 aromatic carbocycles. The Morgan fingerprint density at radius 3 is 2.84 bits per heavy atom. The van der Waals surface area contributed by atoms with Gasteiger partial charge in [0, 0.05) is 16.0 Å². The Kier molecular flexibility index (Phi) is 3.41. The number of benzene rings is 1. The van der Waals surface area contributed by atoms with Crippen LogP contribution in [0.5, 0.6) is 0 Å². The molecule has 0 spiro atoms. The van der Waals surface area contributed by atoms with E-state index in [9.17, 15) is 0 Å². The molecule has 1 fully saturated rings. The molecule has 0 radical (unpaired) electrons. The van der Waals surface area contributed by atoms with E-state index in [0.717, 1.165) is 29.0 Å². The number of nitrogens with zero attached hydrogens (tertiary/aromatic N) is 2. The molecule has 3 rings (SSSR count). The van der Waals surface area contributed by atoms with Gasteiger partial charge in [-0.15, -0.1) is 0 Å². The zero-order valence-corrected chi connectivity index (χ0v) is 12.6. The summed E-state index contributed by atoms with van der Waals surface area (Å²) in [4.78, 5) is 4.54. The van der Waals surface area contributed by atoms with Gasteiger partial charge in [-0.1, -0.05) is 34.1 Å². The van der Waals surface area contributed by atoms with Crippen molar-refractivity contribution in [2.45, 2.75) is 19.8 Å². The SMILES string of the molecule is Cc1ccc(-c2noc(C(C)C3CNC3)n2)c(Br)c1. The van der Waals surface area contributed by atoms with E-state index in [1.54, 1.807) is 0 Å². The van der Waals surface area contributed by atoms with Crippen molar-refractivity contribution >= 4 is 15.9 Å². The van der Waals surface area contributed by atoms with E-state index in [1.807, 2.05) is 6.07 Å². The van der Waals surface area contributed by atoms with Crippen LogP contribution in [-0.2, 0) is 0 Å². The van der Waals surface area contributed by atoms with Crippen molar-refractivity contribution < 1.29 is 4.52 Å². The molecule has 1 N–H and O–H groups in total. The Labute approximate surface area is 120 Å². The fourth-order valence-electron chi connectivity index (χ4n) is 2.20. The maximum Gasteiger partial charge on any atom is 0.230 e. The smallest absolute Gasteiger partial charge is 0.230 e. The fourth-order valence-corrected chi connectivity index (χ4v) is 2.87. The standard InChI is InChI=1S/C14H16BrN3O/c1-8-3-4-11(12(15)5-8)13-17-14(19-18-13)9(2)10-6-16-7-10/h3-5,9-10,16H,6-7H2,1-2H3. The lowest BCUT2D eigenvalue weighted by Crippen LogP contribution is -2.44. The Morgan fingerprint density at radius 1 is 1.42 bits per heavy atom.